The van der Waals surface area contributed by atoms with Crippen LogP contribution in [0.1, 0.15) is 36.5 Å². The lowest BCUT2D eigenvalue weighted by Crippen LogP contribution is -2.44. The maximum Gasteiger partial charge on any atom is 0.261 e. The molecule has 1 aliphatic rings. The minimum atomic E-state index is -0.418. The van der Waals surface area contributed by atoms with Gasteiger partial charge in [0.15, 0.2) is 5.82 Å². The summed E-state index contributed by atoms with van der Waals surface area (Å²) in [4.78, 5) is 4.55. The standard InChI is InChI=1S/C17H19N5O.ClH/c1-11-14(12(2)22(20-11)13-7-4-3-5-8-13)15-19-16(21-23-15)17(18)9-6-10-17;/h3-5,7-8H,6,9-10,18H2,1-2H3;1H. The Bertz CT molecular complexity index is 851. The number of aromatic nitrogens is 4. The number of nitrogens with zero attached hydrogens (tertiary/aromatic N) is 4. The summed E-state index contributed by atoms with van der Waals surface area (Å²) in [5.74, 6) is 1.10. The quantitative estimate of drug-likeness (QED) is 0.787. The third-order valence-corrected chi connectivity index (χ3v) is 4.62. The first-order valence-electron chi connectivity index (χ1n) is 7.83. The zero-order valence-electron chi connectivity index (χ0n) is 13.7. The Morgan fingerprint density at radius 2 is 1.88 bits per heavy atom. The number of rotatable bonds is 3. The summed E-state index contributed by atoms with van der Waals surface area (Å²) in [5, 5.41) is 8.72. The Morgan fingerprint density at radius 3 is 2.50 bits per heavy atom. The zero-order valence-corrected chi connectivity index (χ0v) is 14.5. The molecule has 0 radical (unpaired) electrons. The average Bonchev–Trinajstić information content (AvgIpc) is 3.11. The molecule has 0 amide bonds. The van der Waals surface area contributed by atoms with Crippen molar-refractivity contribution >= 4 is 12.4 Å². The summed E-state index contributed by atoms with van der Waals surface area (Å²) < 4.78 is 7.39. The molecule has 1 saturated carbocycles. The van der Waals surface area contributed by atoms with Crippen molar-refractivity contribution in [1.29, 1.82) is 0 Å². The molecule has 7 heteroatoms. The highest BCUT2D eigenvalue weighted by Gasteiger charge is 2.39. The van der Waals surface area contributed by atoms with E-state index in [9.17, 15) is 0 Å². The first kappa shape index (κ1) is 16.7. The fourth-order valence-electron chi connectivity index (χ4n) is 3.08. The molecule has 1 aromatic carbocycles. The molecule has 1 aliphatic carbocycles. The third-order valence-electron chi connectivity index (χ3n) is 4.62. The van der Waals surface area contributed by atoms with Crippen LogP contribution < -0.4 is 5.73 Å². The molecule has 0 atom stereocenters. The Hall–Kier alpha value is -2.18. The normalized spacial score (nSPS) is 15.6. The highest BCUT2D eigenvalue weighted by Crippen LogP contribution is 2.38. The van der Waals surface area contributed by atoms with Crippen LogP contribution >= 0.6 is 12.4 Å². The van der Waals surface area contributed by atoms with Crippen LogP contribution in [0, 0.1) is 13.8 Å². The SMILES string of the molecule is Cc1nn(-c2ccccc2)c(C)c1-c1nc(C2(N)CCC2)no1.Cl. The number of para-hydroxylation sites is 1. The molecule has 4 rings (SSSR count). The summed E-state index contributed by atoms with van der Waals surface area (Å²) >= 11 is 0. The summed E-state index contributed by atoms with van der Waals surface area (Å²) in [5.41, 5.74) is 9.59. The first-order valence-corrected chi connectivity index (χ1v) is 7.83. The zero-order chi connectivity index (χ0) is 16.0. The fraction of sp³-hybridized carbons (Fsp3) is 0.353. The van der Waals surface area contributed by atoms with E-state index in [1.165, 1.54) is 0 Å². The van der Waals surface area contributed by atoms with Gasteiger partial charge in [-0.3, -0.25) is 0 Å². The van der Waals surface area contributed by atoms with E-state index in [0.29, 0.717) is 11.7 Å². The van der Waals surface area contributed by atoms with Crippen LogP contribution in [0.5, 0.6) is 0 Å². The van der Waals surface area contributed by atoms with Crippen LogP contribution in [0.2, 0.25) is 0 Å². The number of hydrogen-bond acceptors (Lipinski definition) is 5. The van der Waals surface area contributed by atoms with Gasteiger partial charge in [-0.25, -0.2) is 4.68 Å². The van der Waals surface area contributed by atoms with Gasteiger partial charge in [0.2, 0.25) is 0 Å². The molecule has 0 saturated heterocycles. The van der Waals surface area contributed by atoms with Gasteiger partial charge >= 0.3 is 0 Å². The van der Waals surface area contributed by atoms with Gasteiger partial charge in [-0.05, 0) is 45.2 Å². The van der Waals surface area contributed by atoms with Gasteiger partial charge in [-0.2, -0.15) is 10.1 Å². The molecule has 6 nitrogen and oxygen atoms in total. The monoisotopic (exact) mass is 345 g/mol. The van der Waals surface area contributed by atoms with Gasteiger partial charge in [0.1, 0.15) is 0 Å². The summed E-state index contributed by atoms with van der Waals surface area (Å²) in [7, 11) is 0. The molecule has 1 fully saturated rings. The van der Waals surface area contributed by atoms with E-state index < -0.39 is 5.54 Å². The Kier molecular flexibility index (Phi) is 4.19. The number of aryl methyl sites for hydroxylation is 1. The molecule has 3 aromatic rings. The molecule has 2 heterocycles. The van der Waals surface area contributed by atoms with Crippen LogP contribution in [0.25, 0.3) is 17.1 Å². The molecule has 0 aliphatic heterocycles. The van der Waals surface area contributed by atoms with Crippen LogP contribution in [-0.2, 0) is 5.54 Å². The Morgan fingerprint density at radius 1 is 1.17 bits per heavy atom. The molecule has 2 N–H and O–H groups in total. The van der Waals surface area contributed by atoms with Crippen LogP contribution in [-0.4, -0.2) is 19.9 Å². The number of hydrogen-bond donors (Lipinski definition) is 1. The van der Waals surface area contributed by atoms with E-state index in [1.54, 1.807) is 0 Å². The molecule has 2 aromatic heterocycles. The molecular formula is C17H20ClN5O. The first-order chi connectivity index (χ1) is 11.1. The molecule has 0 bridgehead atoms. The van der Waals surface area contributed by atoms with Gasteiger partial charge in [0.05, 0.1) is 28.2 Å². The van der Waals surface area contributed by atoms with Crippen molar-refractivity contribution in [2.24, 2.45) is 5.73 Å². The second-order valence-corrected chi connectivity index (χ2v) is 6.23. The van der Waals surface area contributed by atoms with E-state index in [-0.39, 0.29) is 12.4 Å². The summed E-state index contributed by atoms with van der Waals surface area (Å²) in [6, 6.07) is 10.0. The Labute approximate surface area is 146 Å². The molecule has 0 unspecified atom stereocenters. The smallest absolute Gasteiger partial charge is 0.261 e. The van der Waals surface area contributed by atoms with Crippen molar-refractivity contribution in [2.45, 2.75) is 38.6 Å². The Balaban J connectivity index is 0.00000169. The van der Waals surface area contributed by atoms with Gasteiger partial charge in [-0.15, -0.1) is 12.4 Å². The molecule has 126 valence electrons. The highest BCUT2D eigenvalue weighted by molar-refractivity contribution is 5.85. The number of benzene rings is 1. The minimum absolute atomic E-state index is 0. The second kappa shape index (κ2) is 6.03. The van der Waals surface area contributed by atoms with Gasteiger partial charge < -0.3 is 10.3 Å². The number of halogens is 1. The maximum atomic E-state index is 6.28. The lowest BCUT2D eigenvalue weighted by molar-refractivity contribution is 0.229. The highest BCUT2D eigenvalue weighted by atomic mass is 35.5. The van der Waals surface area contributed by atoms with Crippen LogP contribution in [0.4, 0.5) is 0 Å². The van der Waals surface area contributed by atoms with E-state index in [4.69, 9.17) is 10.3 Å². The van der Waals surface area contributed by atoms with Crippen molar-refractivity contribution in [1.82, 2.24) is 19.9 Å². The predicted octanol–water partition coefficient (Wildman–Crippen LogP) is 3.30. The van der Waals surface area contributed by atoms with E-state index in [2.05, 4.69) is 15.2 Å². The van der Waals surface area contributed by atoms with Crippen molar-refractivity contribution in [3.05, 3.63) is 47.5 Å². The van der Waals surface area contributed by atoms with Gasteiger partial charge in [-0.1, -0.05) is 23.4 Å². The van der Waals surface area contributed by atoms with E-state index >= 15 is 0 Å². The summed E-state index contributed by atoms with van der Waals surface area (Å²) in [6.45, 7) is 3.96. The second-order valence-electron chi connectivity index (χ2n) is 6.23. The largest absolute Gasteiger partial charge is 0.334 e. The molecular weight excluding hydrogens is 326 g/mol. The topological polar surface area (TPSA) is 82.8 Å². The van der Waals surface area contributed by atoms with E-state index in [1.807, 2.05) is 48.9 Å². The summed E-state index contributed by atoms with van der Waals surface area (Å²) in [6.07, 6.45) is 2.94. The molecule has 24 heavy (non-hydrogen) atoms. The van der Waals surface area contributed by atoms with Crippen molar-refractivity contribution in [3.63, 3.8) is 0 Å². The predicted molar refractivity (Wildman–Crippen MR) is 93.3 cm³/mol. The van der Waals surface area contributed by atoms with Gasteiger partial charge in [0.25, 0.3) is 5.89 Å². The minimum Gasteiger partial charge on any atom is -0.334 e. The lowest BCUT2D eigenvalue weighted by atomic mass is 9.77. The third kappa shape index (κ3) is 2.52. The van der Waals surface area contributed by atoms with Crippen molar-refractivity contribution in [2.75, 3.05) is 0 Å². The van der Waals surface area contributed by atoms with Crippen molar-refractivity contribution < 1.29 is 4.52 Å². The lowest BCUT2D eigenvalue weighted by Gasteiger charge is -2.34. The van der Waals surface area contributed by atoms with E-state index in [0.717, 1.165) is 41.9 Å². The fourth-order valence-corrected chi connectivity index (χ4v) is 3.08. The van der Waals surface area contributed by atoms with Crippen molar-refractivity contribution in [3.8, 4) is 17.1 Å². The average molecular weight is 346 g/mol. The van der Waals surface area contributed by atoms with Crippen LogP contribution in [0.15, 0.2) is 34.9 Å². The van der Waals surface area contributed by atoms with Gasteiger partial charge in [0, 0.05) is 0 Å². The maximum absolute atomic E-state index is 6.28. The van der Waals surface area contributed by atoms with Crippen LogP contribution in [0.3, 0.4) is 0 Å². The molecule has 0 spiro atoms. The number of nitrogens with two attached hydrogens (primary N) is 1.